The van der Waals surface area contributed by atoms with E-state index < -0.39 is 0 Å². The molecule has 1 aliphatic heterocycles. The quantitative estimate of drug-likeness (QED) is 0.825. The standard InChI is InChI=1S/C12H17ClN2/c1-9-4-5-10(13)7-12(9)15-8-11-3-2-6-14-11/h4-5,7,11,14-15H,2-3,6,8H2,1H3/t11-/m1/s1. The van der Waals surface area contributed by atoms with Crippen LogP contribution in [0, 0.1) is 6.92 Å². The molecule has 0 radical (unpaired) electrons. The first-order valence-electron chi connectivity index (χ1n) is 5.49. The number of hydrogen-bond acceptors (Lipinski definition) is 2. The number of anilines is 1. The van der Waals surface area contributed by atoms with Gasteiger partial charge in [-0.25, -0.2) is 0 Å². The van der Waals surface area contributed by atoms with E-state index in [1.54, 1.807) is 0 Å². The molecule has 82 valence electrons. The molecule has 1 atom stereocenters. The Morgan fingerprint density at radius 2 is 2.40 bits per heavy atom. The SMILES string of the molecule is Cc1ccc(Cl)cc1NC[C@H]1CCCN1. The number of rotatable bonds is 3. The average Bonchev–Trinajstić information content (AvgIpc) is 2.72. The number of benzene rings is 1. The van der Waals surface area contributed by atoms with Gasteiger partial charge in [-0.2, -0.15) is 0 Å². The number of nitrogens with one attached hydrogen (secondary N) is 2. The summed E-state index contributed by atoms with van der Waals surface area (Å²) < 4.78 is 0. The van der Waals surface area contributed by atoms with Crippen LogP contribution in [0.5, 0.6) is 0 Å². The molecular formula is C12H17ClN2. The van der Waals surface area contributed by atoms with Crippen molar-refractivity contribution in [1.82, 2.24) is 5.32 Å². The molecule has 15 heavy (non-hydrogen) atoms. The maximum Gasteiger partial charge on any atom is 0.0426 e. The lowest BCUT2D eigenvalue weighted by Gasteiger charge is -2.14. The Bertz CT molecular complexity index is 332. The largest absolute Gasteiger partial charge is 0.383 e. The normalized spacial score (nSPS) is 20.5. The van der Waals surface area contributed by atoms with Gasteiger partial charge in [0, 0.05) is 23.3 Å². The third-order valence-corrected chi connectivity index (χ3v) is 3.14. The summed E-state index contributed by atoms with van der Waals surface area (Å²) in [5.41, 5.74) is 2.40. The highest BCUT2D eigenvalue weighted by Gasteiger charge is 2.13. The molecule has 0 spiro atoms. The van der Waals surface area contributed by atoms with E-state index in [0.29, 0.717) is 6.04 Å². The van der Waals surface area contributed by atoms with Gasteiger partial charge in [-0.1, -0.05) is 17.7 Å². The Balaban J connectivity index is 1.94. The van der Waals surface area contributed by atoms with Gasteiger partial charge in [0.1, 0.15) is 0 Å². The van der Waals surface area contributed by atoms with E-state index in [2.05, 4.69) is 17.6 Å². The third-order valence-electron chi connectivity index (χ3n) is 2.90. The van der Waals surface area contributed by atoms with Crippen LogP contribution >= 0.6 is 11.6 Å². The minimum absolute atomic E-state index is 0.614. The number of hydrogen-bond donors (Lipinski definition) is 2. The van der Waals surface area contributed by atoms with Gasteiger partial charge in [0.2, 0.25) is 0 Å². The fourth-order valence-corrected chi connectivity index (χ4v) is 2.12. The molecule has 2 rings (SSSR count). The molecule has 1 aromatic rings. The highest BCUT2D eigenvalue weighted by Crippen LogP contribution is 2.20. The van der Waals surface area contributed by atoms with Gasteiger partial charge in [0.05, 0.1) is 0 Å². The van der Waals surface area contributed by atoms with Gasteiger partial charge in [-0.05, 0) is 44.0 Å². The third kappa shape index (κ3) is 2.86. The topological polar surface area (TPSA) is 24.1 Å². The van der Waals surface area contributed by atoms with Crippen molar-refractivity contribution in [3.05, 3.63) is 28.8 Å². The van der Waals surface area contributed by atoms with E-state index in [1.165, 1.54) is 18.4 Å². The summed E-state index contributed by atoms with van der Waals surface area (Å²) in [6.07, 6.45) is 2.56. The summed E-state index contributed by atoms with van der Waals surface area (Å²) in [6.45, 7) is 4.24. The lowest BCUT2D eigenvalue weighted by molar-refractivity contribution is 0.633. The fourth-order valence-electron chi connectivity index (χ4n) is 1.95. The Kier molecular flexibility index (Phi) is 3.49. The van der Waals surface area contributed by atoms with Gasteiger partial charge >= 0.3 is 0 Å². The van der Waals surface area contributed by atoms with Gasteiger partial charge in [0.25, 0.3) is 0 Å². The second-order valence-electron chi connectivity index (χ2n) is 4.13. The zero-order valence-corrected chi connectivity index (χ0v) is 9.77. The van der Waals surface area contributed by atoms with E-state index in [9.17, 15) is 0 Å². The molecule has 1 heterocycles. The molecule has 0 bridgehead atoms. The first-order valence-corrected chi connectivity index (χ1v) is 5.87. The highest BCUT2D eigenvalue weighted by molar-refractivity contribution is 6.30. The number of aryl methyl sites for hydroxylation is 1. The summed E-state index contributed by atoms with van der Waals surface area (Å²) in [5, 5.41) is 7.71. The predicted molar refractivity (Wildman–Crippen MR) is 65.7 cm³/mol. The maximum absolute atomic E-state index is 5.96. The molecule has 1 fully saturated rings. The van der Waals surface area contributed by atoms with Crippen molar-refractivity contribution in [3.8, 4) is 0 Å². The van der Waals surface area contributed by atoms with E-state index in [0.717, 1.165) is 23.8 Å². The molecule has 3 heteroatoms. The molecule has 1 aliphatic rings. The molecule has 0 amide bonds. The average molecular weight is 225 g/mol. The van der Waals surface area contributed by atoms with Crippen LogP contribution in [-0.4, -0.2) is 19.1 Å². The zero-order valence-electron chi connectivity index (χ0n) is 9.02. The molecule has 0 saturated carbocycles. The summed E-state index contributed by atoms with van der Waals surface area (Å²) in [5.74, 6) is 0. The summed E-state index contributed by atoms with van der Waals surface area (Å²) in [4.78, 5) is 0. The molecule has 2 nitrogen and oxygen atoms in total. The van der Waals surface area contributed by atoms with Crippen LogP contribution in [0.4, 0.5) is 5.69 Å². The van der Waals surface area contributed by atoms with Crippen LogP contribution in [-0.2, 0) is 0 Å². The first kappa shape index (κ1) is 10.8. The molecule has 2 N–H and O–H groups in total. The lowest BCUT2D eigenvalue weighted by atomic mass is 10.2. The molecule has 1 aromatic carbocycles. The van der Waals surface area contributed by atoms with Crippen LogP contribution in [0.15, 0.2) is 18.2 Å². The van der Waals surface area contributed by atoms with Crippen molar-refractivity contribution in [2.75, 3.05) is 18.4 Å². The van der Waals surface area contributed by atoms with Crippen LogP contribution in [0.1, 0.15) is 18.4 Å². The minimum atomic E-state index is 0.614. The lowest BCUT2D eigenvalue weighted by Crippen LogP contribution is -2.29. The second kappa shape index (κ2) is 4.86. The monoisotopic (exact) mass is 224 g/mol. The second-order valence-corrected chi connectivity index (χ2v) is 4.57. The maximum atomic E-state index is 5.96. The summed E-state index contributed by atoms with van der Waals surface area (Å²) in [6, 6.07) is 6.58. The Labute approximate surface area is 96.0 Å². The van der Waals surface area contributed by atoms with E-state index in [-0.39, 0.29) is 0 Å². The van der Waals surface area contributed by atoms with Crippen LogP contribution < -0.4 is 10.6 Å². The number of halogens is 1. The molecule has 0 aromatic heterocycles. The smallest absolute Gasteiger partial charge is 0.0426 e. The van der Waals surface area contributed by atoms with Crippen molar-refractivity contribution in [2.45, 2.75) is 25.8 Å². The van der Waals surface area contributed by atoms with Gasteiger partial charge < -0.3 is 10.6 Å². The minimum Gasteiger partial charge on any atom is -0.383 e. The van der Waals surface area contributed by atoms with E-state index in [4.69, 9.17) is 11.6 Å². The van der Waals surface area contributed by atoms with Crippen LogP contribution in [0.25, 0.3) is 0 Å². The van der Waals surface area contributed by atoms with Crippen LogP contribution in [0.2, 0.25) is 5.02 Å². The summed E-state index contributed by atoms with van der Waals surface area (Å²) in [7, 11) is 0. The fraction of sp³-hybridized carbons (Fsp3) is 0.500. The van der Waals surface area contributed by atoms with E-state index in [1.807, 2.05) is 18.2 Å². The van der Waals surface area contributed by atoms with Crippen molar-refractivity contribution in [2.24, 2.45) is 0 Å². The Morgan fingerprint density at radius 3 is 3.13 bits per heavy atom. The van der Waals surface area contributed by atoms with Crippen molar-refractivity contribution in [3.63, 3.8) is 0 Å². The first-order chi connectivity index (χ1) is 7.25. The zero-order chi connectivity index (χ0) is 10.7. The van der Waals surface area contributed by atoms with Crippen molar-refractivity contribution >= 4 is 17.3 Å². The van der Waals surface area contributed by atoms with Gasteiger partial charge in [-0.3, -0.25) is 0 Å². The predicted octanol–water partition coefficient (Wildman–Crippen LogP) is 2.81. The molecule has 0 aliphatic carbocycles. The molecule has 0 unspecified atom stereocenters. The Hall–Kier alpha value is -0.730. The molecule has 1 saturated heterocycles. The molecular weight excluding hydrogens is 208 g/mol. The van der Waals surface area contributed by atoms with E-state index >= 15 is 0 Å². The van der Waals surface area contributed by atoms with Gasteiger partial charge in [-0.15, -0.1) is 0 Å². The van der Waals surface area contributed by atoms with Crippen LogP contribution in [0.3, 0.4) is 0 Å². The van der Waals surface area contributed by atoms with Crippen molar-refractivity contribution in [1.29, 1.82) is 0 Å². The van der Waals surface area contributed by atoms with Gasteiger partial charge in [0.15, 0.2) is 0 Å². The van der Waals surface area contributed by atoms with Crippen molar-refractivity contribution < 1.29 is 0 Å². The summed E-state index contributed by atoms with van der Waals surface area (Å²) >= 11 is 5.96. The highest BCUT2D eigenvalue weighted by atomic mass is 35.5. The Morgan fingerprint density at radius 1 is 1.53 bits per heavy atom.